The summed E-state index contributed by atoms with van der Waals surface area (Å²) in [6, 6.07) is 10.4. The van der Waals surface area contributed by atoms with Crippen molar-refractivity contribution in [1.29, 1.82) is 0 Å². The number of anilines is 2. The van der Waals surface area contributed by atoms with Gasteiger partial charge in [0.05, 0.1) is 36.3 Å². The van der Waals surface area contributed by atoms with Crippen LogP contribution < -0.4 is 16.6 Å². The van der Waals surface area contributed by atoms with Crippen LogP contribution in [-0.2, 0) is 22.5 Å². The number of hydrogen-bond acceptors (Lipinski definition) is 7. The van der Waals surface area contributed by atoms with Crippen LogP contribution in [-0.4, -0.2) is 34.6 Å². The van der Waals surface area contributed by atoms with E-state index in [2.05, 4.69) is 40.1 Å². The molecule has 1 unspecified atom stereocenters. The van der Waals surface area contributed by atoms with Crippen molar-refractivity contribution in [3.63, 3.8) is 0 Å². The van der Waals surface area contributed by atoms with E-state index in [4.69, 9.17) is 16.3 Å². The van der Waals surface area contributed by atoms with Gasteiger partial charge in [0.1, 0.15) is 0 Å². The minimum Gasteiger partial charge on any atom is -0.466 e. The summed E-state index contributed by atoms with van der Waals surface area (Å²) < 4.78 is 7.44. The van der Waals surface area contributed by atoms with Gasteiger partial charge in [0, 0.05) is 25.9 Å². The Morgan fingerprint density at radius 2 is 1.95 bits per heavy atom. The topological polar surface area (TPSA) is 112 Å². The zero-order chi connectivity index (χ0) is 27.2. The molecule has 8 nitrogen and oxygen atoms in total. The predicted octanol–water partition coefficient (Wildman–Crippen LogP) is 5.04. The van der Waals surface area contributed by atoms with E-state index < -0.39 is 0 Å². The number of nitrogens with two attached hydrogens (primary N) is 2. The summed E-state index contributed by atoms with van der Waals surface area (Å²) in [5.41, 5.74) is 14.3. The van der Waals surface area contributed by atoms with E-state index >= 15 is 0 Å². The van der Waals surface area contributed by atoms with Crippen LogP contribution in [0.1, 0.15) is 84.9 Å². The zero-order valence-electron chi connectivity index (χ0n) is 23.2. The number of esters is 1. The molecule has 1 fully saturated rings. The molecule has 0 aliphatic heterocycles. The maximum absolute atomic E-state index is 12.7. The molecule has 0 spiro atoms. The van der Waals surface area contributed by atoms with Crippen molar-refractivity contribution < 1.29 is 9.53 Å². The summed E-state index contributed by atoms with van der Waals surface area (Å²) in [7, 11) is 1.76. The number of aromatic nitrogens is 3. The maximum atomic E-state index is 12.7. The fraction of sp³-hybridized carbons (Fsp3) is 0.500. The number of carbonyl (C=O) groups is 1. The predicted molar refractivity (Wildman–Crippen MR) is 152 cm³/mol. The van der Waals surface area contributed by atoms with E-state index in [0.29, 0.717) is 18.2 Å². The molecule has 4 rings (SSSR count). The average Bonchev–Trinajstić information content (AvgIpc) is 3.32. The summed E-state index contributed by atoms with van der Waals surface area (Å²) in [6.07, 6.45) is 9.36. The van der Waals surface area contributed by atoms with Gasteiger partial charge in [0.25, 0.3) is 0 Å². The standard InChI is InChI=1S/C30H42N6O2/c1-5-38-29(37)17-27(26-13-14-28(35(4)32)30(31)21(26)3)23-12-11-20(2)24(15-23)16-25-18-33-34-36(25)19-22-9-7-6-8-10-22/h11-15,18,22,27H,5-10,16-17,19,31-32H2,1-4H3. The van der Waals surface area contributed by atoms with Crippen molar-refractivity contribution in [1.82, 2.24) is 15.0 Å². The third kappa shape index (κ3) is 6.35. The van der Waals surface area contributed by atoms with Crippen LogP contribution >= 0.6 is 0 Å². The first-order valence-corrected chi connectivity index (χ1v) is 13.8. The van der Waals surface area contributed by atoms with Crippen LogP contribution in [0.2, 0.25) is 0 Å². The number of hydrogen-bond donors (Lipinski definition) is 2. The smallest absolute Gasteiger partial charge is 0.306 e. The quantitative estimate of drug-likeness (QED) is 0.167. The minimum atomic E-state index is -0.229. The second kappa shape index (κ2) is 12.4. The molecule has 2 aromatic carbocycles. The minimum absolute atomic E-state index is 0.196. The first kappa shape index (κ1) is 27.6. The van der Waals surface area contributed by atoms with Crippen LogP contribution in [0.4, 0.5) is 11.4 Å². The number of nitrogens with zero attached hydrogens (tertiary/aromatic N) is 4. The summed E-state index contributed by atoms with van der Waals surface area (Å²) in [5.74, 6) is 6.23. The van der Waals surface area contributed by atoms with Gasteiger partial charge in [0.2, 0.25) is 0 Å². The summed E-state index contributed by atoms with van der Waals surface area (Å²) >= 11 is 0. The largest absolute Gasteiger partial charge is 0.466 e. The molecule has 8 heteroatoms. The van der Waals surface area contributed by atoms with Gasteiger partial charge in [-0.2, -0.15) is 0 Å². The third-order valence-electron chi connectivity index (χ3n) is 7.97. The monoisotopic (exact) mass is 518 g/mol. The van der Waals surface area contributed by atoms with Gasteiger partial charge in [-0.25, -0.2) is 10.5 Å². The Balaban J connectivity index is 1.66. The van der Waals surface area contributed by atoms with Crippen molar-refractivity contribution in [3.05, 3.63) is 70.0 Å². The van der Waals surface area contributed by atoms with Crippen LogP contribution in [0.25, 0.3) is 0 Å². The van der Waals surface area contributed by atoms with E-state index in [0.717, 1.165) is 41.0 Å². The van der Waals surface area contributed by atoms with Gasteiger partial charge < -0.3 is 15.5 Å². The second-order valence-corrected chi connectivity index (χ2v) is 10.7. The highest BCUT2D eigenvalue weighted by Crippen LogP contribution is 2.37. The molecule has 0 amide bonds. The van der Waals surface area contributed by atoms with E-state index in [1.165, 1.54) is 48.2 Å². The van der Waals surface area contributed by atoms with Crippen LogP contribution in [0.3, 0.4) is 0 Å². The molecule has 38 heavy (non-hydrogen) atoms. The van der Waals surface area contributed by atoms with Gasteiger partial charge in [-0.3, -0.25) is 4.79 Å². The first-order chi connectivity index (χ1) is 18.3. The lowest BCUT2D eigenvalue weighted by Crippen LogP contribution is -2.26. The summed E-state index contributed by atoms with van der Waals surface area (Å²) in [5, 5.41) is 10.2. The number of aryl methyl sites for hydroxylation is 1. The van der Waals surface area contributed by atoms with E-state index in [-0.39, 0.29) is 18.3 Å². The maximum Gasteiger partial charge on any atom is 0.306 e. The van der Waals surface area contributed by atoms with Gasteiger partial charge in [0.15, 0.2) is 0 Å². The Morgan fingerprint density at radius 3 is 2.66 bits per heavy atom. The lowest BCUT2D eigenvalue weighted by atomic mass is 9.83. The molecule has 0 bridgehead atoms. The number of hydrazine groups is 1. The molecule has 3 aromatic rings. The fourth-order valence-corrected chi connectivity index (χ4v) is 5.69. The normalized spacial score (nSPS) is 14.9. The van der Waals surface area contributed by atoms with Crippen molar-refractivity contribution in [3.8, 4) is 0 Å². The molecule has 4 N–H and O–H groups in total. The van der Waals surface area contributed by atoms with Crippen LogP contribution in [0.5, 0.6) is 0 Å². The van der Waals surface area contributed by atoms with Crippen molar-refractivity contribution >= 4 is 17.3 Å². The SMILES string of the molecule is CCOC(=O)CC(c1ccc(C)c(Cc2cnnn2CC2CCCCC2)c1)c1ccc(N(C)N)c(N)c1C. The average molecular weight is 519 g/mol. The Bertz CT molecular complexity index is 1250. The molecule has 1 atom stereocenters. The number of nitrogen functional groups attached to an aromatic ring is 1. The molecule has 0 saturated heterocycles. The van der Waals surface area contributed by atoms with Gasteiger partial charge in [-0.15, -0.1) is 5.10 Å². The summed E-state index contributed by atoms with van der Waals surface area (Å²) in [4.78, 5) is 12.7. The summed E-state index contributed by atoms with van der Waals surface area (Å²) in [6.45, 7) is 7.22. The third-order valence-corrected chi connectivity index (χ3v) is 7.97. The lowest BCUT2D eigenvalue weighted by molar-refractivity contribution is -0.143. The highest BCUT2D eigenvalue weighted by atomic mass is 16.5. The number of benzene rings is 2. The van der Waals surface area contributed by atoms with Gasteiger partial charge >= 0.3 is 5.97 Å². The molecule has 1 heterocycles. The molecule has 0 radical (unpaired) electrons. The zero-order valence-corrected chi connectivity index (χ0v) is 23.2. The molecular weight excluding hydrogens is 476 g/mol. The van der Waals surface area contributed by atoms with E-state index in [1.54, 1.807) is 7.05 Å². The molecular formula is C30H42N6O2. The fourth-order valence-electron chi connectivity index (χ4n) is 5.69. The Kier molecular flexibility index (Phi) is 9.05. The molecule has 1 aromatic heterocycles. The Labute approximate surface area is 226 Å². The second-order valence-electron chi connectivity index (χ2n) is 10.7. The van der Waals surface area contributed by atoms with Crippen molar-refractivity contribution in [2.75, 3.05) is 24.4 Å². The molecule has 1 aliphatic rings. The molecule has 204 valence electrons. The number of ether oxygens (including phenoxy) is 1. The van der Waals surface area contributed by atoms with Gasteiger partial charge in [-0.05, 0) is 73.4 Å². The highest BCUT2D eigenvalue weighted by molar-refractivity contribution is 5.75. The Hall–Kier alpha value is -3.39. The first-order valence-electron chi connectivity index (χ1n) is 13.8. The van der Waals surface area contributed by atoms with Crippen LogP contribution in [0.15, 0.2) is 36.5 Å². The number of rotatable bonds is 10. The van der Waals surface area contributed by atoms with E-state index in [1.807, 2.05) is 32.2 Å². The van der Waals surface area contributed by atoms with Crippen LogP contribution in [0, 0.1) is 19.8 Å². The van der Waals surface area contributed by atoms with Gasteiger partial charge in [-0.1, -0.05) is 48.7 Å². The van der Waals surface area contributed by atoms with Crippen molar-refractivity contribution in [2.45, 2.75) is 78.2 Å². The Morgan fingerprint density at radius 1 is 1.18 bits per heavy atom. The highest BCUT2D eigenvalue weighted by Gasteiger charge is 2.24. The lowest BCUT2D eigenvalue weighted by Gasteiger charge is -2.24. The number of carbonyl (C=O) groups excluding carboxylic acids is 1. The van der Waals surface area contributed by atoms with E-state index in [9.17, 15) is 4.79 Å². The molecule has 1 saturated carbocycles. The van der Waals surface area contributed by atoms with Crippen molar-refractivity contribution in [2.24, 2.45) is 11.8 Å². The molecule has 1 aliphatic carbocycles.